The van der Waals surface area contributed by atoms with Crippen LogP contribution in [0.25, 0.3) is 22.8 Å². The van der Waals surface area contributed by atoms with Gasteiger partial charge in [-0.1, -0.05) is 60.7 Å². The molecule has 0 bridgehead atoms. The van der Waals surface area contributed by atoms with Crippen molar-refractivity contribution in [2.75, 3.05) is 14.2 Å². The SMILES string of the molecule is CC(=O)C(C)(C)c1ccc(Cc2nc(-c3c(F)cccc3F)nc3c2C(=O)NC3)cc1.COc1ccc(CN2Cc3nc(-c4c(F)cccc4F)nc(Cc4ccc(C(C)(C)C(C)=O)cc4)c3C2=O)c(OC)c1. The molecule has 0 radical (unpaired) electrons. The third-order valence-corrected chi connectivity index (χ3v) is 13.7. The molecule has 2 aliphatic heterocycles. The number of aromatic nitrogens is 4. The number of carbonyl (C=O) groups excluding carboxylic acids is 4. The number of carbonyl (C=O) groups is 4. The zero-order valence-corrected chi connectivity index (χ0v) is 41.5. The summed E-state index contributed by atoms with van der Waals surface area (Å²) in [5, 5.41) is 2.69. The van der Waals surface area contributed by atoms with Crippen LogP contribution in [0.5, 0.6) is 11.5 Å². The van der Waals surface area contributed by atoms with Crippen LogP contribution in [0.3, 0.4) is 0 Å². The van der Waals surface area contributed by atoms with E-state index in [1.165, 1.54) is 12.1 Å². The van der Waals surface area contributed by atoms with Crippen LogP contribution in [-0.2, 0) is 52.9 Å². The van der Waals surface area contributed by atoms with E-state index in [0.29, 0.717) is 45.4 Å². The van der Waals surface area contributed by atoms with Gasteiger partial charge in [-0.25, -0.2) is 37.5 Å². The van der Waals surface area contributed by atoms with Crippen molar-refractivity contribution in [1.29, 1.82) is 0 Å². The molecular formula is C57H52F4N6O6. The molecule has 73 heavy (non-hydrogen) atoms. The number of rotatable bonds is 14. The lowest BCUT2D eigenvalue weighted by atomic mass is 9.81. The number of nitrogens with zero attached hydrogens (tertiary/aromatic N) is 5. The van der Waals surface area contributed by atoms with Gasteiger partial charge in [0.1, 0.15) is 46.3 Å². The van der Waals surface area contributed by atoms with Crippen molar-refractivity contribution in [3.63, 3.8) is 0 Å². The lowest BCUT2D eigenvalue weighted by molar-refractivity contribution is -0.122. The maximum absolute atomic E-state index is 14.8. The molecule has 2 aromatic heterocycles. The van der Waals surface area contributed by atoms with Crippen LogP contribution in [-0.4, -0.2) is 62.4 Å². The van der Waals surface area contributed by atoms with Gasteiger partial charge in [0.15, 0.2) is 11.6 Å². The van der Waals surface area contributed by atoms with Crippen LogP contribution in [0.1, 0.15) is 113 Å². The fraction of sp³-hybridized carbons (Fsp3) is 0.263. The van der Waals surface area contributed by atoms with Gasteiger partial charge in [0.25, 0.3) is 11.8 Å². The molecule has 12 nitrogen and oxygen atoms in total. The van der Waals surface area contributed by atoms with Crippen molar-refractivity contribution < 1.29 is 46.2 Å². The Labute approximate surface area is 419 Å². The molecular weight excluding hydrogens is 941 g/mol. The lowest BCUT2D eigenvalue weighted by Crippen LogP contribution is -2.26. The van der Waals surface area contributed by atoms with Crippen LogP contribution < -0.4 is 14.8 Å². The number of halogens is 4. The second kappa shape index (κ2) is 20.5. The van der Waals surface area contributed by atoms with E-state index in [1.54, 1.807) is 45.1 Å². The zero-order chi connectivity index (χ0) is 52.5. The maximum Gasteiger partial charge on any atom is 0.258 e. The fourth-order valence-electron chi connectivity index (χ4n) is 8.62. The number of benzene rings is 5. The first-order chi connectivity index (χ1) is 34.7. The Hall–Kier alpha value is -8.14. The first-order valence-corrected chi connectivity index (χ1v) is 23.4. The first-order valence-electron chi connectivity index (χ1n) is 23.4. The normalized spacial score (nSPS) is 13.0. The van der Waals surface area contributed by atoms with E-state index in [0.717, 1.165) is 52.1 Å². The molecule has 0 saturated carbocycles. The average molecular weight is 993 g/mol. The number of Topliss-reactive ketones (excluding diaryl/α,β-unsaturated/α-hetero) is 2. The summed E-state index contributed by atoms with van der Waals surface area (Å²) in [7, 11) is 3.10. The molecule has 0 saturated heterocycles. The van der Waals surface area contributed by atoms with E-state index >= 15 is 0 Å². The van der Waals surface area contributed by atoms with E-state index in [4.69, 9.17) is 9.47 Å². The van der Waals surface area contributed by atoms with Gasteiger partial charge in [0.2, 0.25) is 0 Å². The Kier molecular flexibility index (Phi) is 14.4. The third-order valence-electron chi connectivity index (χ3n) is 13.7. The predicted octanol–water partition coefficient (Wildman–Crippen LogP) is 10.2. The quantitative estimate of drug-likeness (QED) is 0.104. The summed E-state index contributed by atoms with van der Waals surface area (Å²) < 4.78 is 69.0. The molecule has 0 spiro atoms. The highest BCUT2D eigenvalue weighted by molar-refractivity contribution is 6.00. The monoisotopic (exact) mass is 992 g/mol. The van der Waals surface area contributed by atoms with Gasteiger partial charge in [0, 0.05) is 35.3 Å². The standard InChI is InChI=1S/C33H31F2N3O4.C24H21F2N3O2/c1-19(39)33(2,3)22-12-9-20(10-13-22)15-26-30-27(37-31(36-26)29-24(34)7-6-8-25(29)35)18-38(32(30)40)17-21-11-14-23(41-4)16-28(21)42-5;1-13(30)24(2,3)15-9-7-14(8-10-15)11-18-21-19(12-27-23(21)31)29-22(28-18)20-16(25)5-4-6-17(20)26/h6-14,16H,15,17-18H2,1-5H3;4-10H,11-12H2,1-3H3,(H,27,31). The van der Waals surface area contributed by atoms with Crippen LogP contribution in [0.4, 0.5) is 17.6 Å². The summed E-state index contributed by atoms with van der Waals surface area (Å²) in [6, 6.07) is 27.5. The summed E-state index contributed by atoms with van der Waals surface area (Å²) in [6.45, 7) is 11.1. The minimum Gasteiger partial charge on any atom is -0.497 e. The van der Waals surface area contributed by atoms with Crippen molar-refractivity contribution in [2.24, 2.45) is 0 Å². The third kappa shape index (κ3) is 10.3. The molecule has 4 heterocycles. The number of hydrogen-bond acceptors (Lipinski definition) is 10. The summed E-state index contributed by atoms with van der Waals surface area (Å²) >= 11 is 0. The van der Waals surface area contributed by atoms with E-state index in [2.05, 4.69) is 25.3 Å². The molecule has 9 rings (SSSR count). The van der Waals surface area contributed by atoms with Crippen LogP contribution in [0.15, 0.2) is 103 Å². The summed E-state index contributed by atoms with van der Waals surface area (Å²) in [4.78, 5) is 69.4. The largest absolute Gasteiger partial charge is 0.497 e. The van der Waals surface area contributed by atoms with E-state index in [-0.39, 0.29) is 78.6 Å². The highest BCUT2D eigenvalue weighted by Crippen LogP contribution is 2.35. The van der Waals surface area contributed by atoms with Crippen LogP contribution in [0, 0.1) is 23.3 Å². The molecule has 2 aliphatic rings. The Balaban J connectivity index is 0.000000204. The lowest BCUT2D eigenvalue weighted by Gasteiger charge is -2.22. The number of ketones is 2. The topological polar surface area (TPSA) is 154 Å². The van der Waals surface area contributed by atoms with Crippen LogP contribution in [0.2, 0.25) is 0 Å². The molecule has 0 atom stereocenters. The van der Waals surface area contributed by atoms with Crippen molar-refractivity contribution in [1.82, 2.24) is 30.2 Å². The molecule has 0 fully saturated rings. The van der Waals surface area contributed by atoms with Gasteiger partial charge >= 0.3 is 0 Å². The molecule has 374 valence electrons. The molecule has 5 aromatic carbocycles. The molecule has 2 amide bonds. The predicted molar refractivity (Wildman–Crippen MR) is 265 cm³/mol. The second-order valence-electron chi connectivity index (χ2n) is 19.0. The van der Waals surface area contributed by atoms with E-state index < -0.39 is 34.1 Å². The van der Waals surface area contributed by atoms with Gasteiger partial charge in [0.05, 0.1) is 78.9 Å². The van der Waals surface area contributed by atoms with Gasteiger partial charge in [-0.15, -0.1) is 0 Å². The van der Waals surface area contributed by atoms with Gasteiger partial charge < -0.3 is 19.7 Å². The minimum absolute atomic E-state index is 0.0413. The smallest absolute Gasteiger partial charge is 0.258 e. The van der Waals surface area contributed by atoms with Crippen molar-refractivity contribution >= 4 is 23.4 Å². The van der Waals surface area contributed by atoms with Gasteiger partial charge in [-0.05, 0) is 100 Å². The summed E-state index contributed by atoms with van der Waals surface area (Å²) in [5.74, 6) is -2.63. The molecule has 0 aliphatic carbocycles. The number of hydrogen-bond donors (Lipinski definition) is 1. The number of amides is 2. The number of fused-ring (bicyclic) bond motifs is 2. The Morgan fingerprint density at radius 1 is 0.603 bits per heavy atom. The average Bonchev–Trinajstić information content (AvgIpc) is 3.89. The Morgan fingerprint density at radius 2 is 1.07 bits per heavy atom. The van der Waals surface area contributed by atoms with E-state index in [1.807, 2.05) is 82.3 Å². The Bertz CT molecular complexity index is 3280. The van der Waals surface area contributed by atoms with Crippen LogP contribution >= 0.6 is 0 Å². The first kappa shape index (κ1) is 51.2. The molecule has 0 unspecified atom stereocenters. The van der Waals surface area contributed by atoms with Crippen molar-refractivity contribution in [3.8, 4) is 34.3 Å². The number of ether oxygens (including phenoxy) is 2. The van der Waals surface area contributed by atoms with Gasteiger partial charge in [-0.3, -0.25) is 19.2 Å². The minimum atomic E-state index is -0.791. The summed E-state index contributed by atoms with van der Waals surface area (Å²) in [5.41, 5.74) is 4.49. The van der Waals surface area contributed by atoms with Crippen molar-refractivity contribution in [2.45, 2.75) is 84.8 Å². The number of nitrogens with one attached hydrogen (secondary N) is 1. The second-order valence-corrected chi connectivity index (χ2v) is 19.0. The highest BCUT2D eigenvalue weighted by Gasteiger charge is 2.35. The Morgan fingerprint density at radius 3 is 1.52 bits per heavy atom. The highest BCUT2D eigenvalue weighted by atomic mass is 19.1. The summed E-state index contributed by atoms with van der Waals surface area (Å²) in [6.07, 6.45) is 0.502. The van der Waals surface area contributed by atoms with Gasteiger partial charge in [-0.2, -0.15) is 0 Å². The van der Waals surface area contributed by atoms with Crippen molar-refractivity contribution in [3.05, 3.63) is 188 Å². The maximum atomic E-state index is 14.8. The number of methoxy groups -OCH3 is 2. The van der Waals surface area contributed by atoms with E-state index in [9.17, 15) is 36.7 Å². The zero-order valence-electron chi connectivity index (χ0n) is 41.5. The molecule has 7 aromatic rings. The fourth-order valence-corrected chi connectivity index (χ4v) is 8.62. The molecule has 1 N–H and O–H groups in total. The molecule has 16 heteroatoms.